The summed E-state index contributed by atoms with van der Waals surface area (Å²) in [5.74, 6) is 0.919. The fraction of sp³-hybridized carbons (Fsp3) is 0.0556. The average Bonchev–Trinajstić information content (AvgIpc) is 3.33. The normalized spacial score (nSPS) is 11.0. The molecule has 114 valence electrons. The van der Waals surface area contributed by atoms with Crippen LogP contribution in [0.2, 0.25) is 0 Å². The molecule has 2 nitrogen and oxygen atoms in total. The maximum Gasteiger partial charge on any atom is 0.166 e. The van der Waals surface area contributed by atoms with E-state index in [9.17, 15) is 0 Å². The first-order valence-electron chi connectivity index (χ1n) is 7.24. The summed E-state index contributed by atoms with van der Waals surface area (Å²) in [6, 6.07) is 18.9. The van der Waals surface area contributed by atoms with E-state index < -0.39 is 0 Å². The molecule has 4 aromatic rings. The van der Waals surface area contributed by atoms with Crippen LogP contribution in [0.25, 0.3) is 21.1 Å². The first kappa shape index (κ1) is 14.8. The van der Waals surface area contributed by atoms with Gasteiger partial charge >= 0.3 is 0 Å². The number of nitrogens with zero attached hydrogens (tertiary/aromatic N) is 1. The lowest BCUT2D eigenvalue weighted by atomic mass is 10.2. The van der Waals surface area contributed by atoms with Gasteiger partial charge in [0.15, 0.2) is 5.16 Å². The van der Waals surface area contributed by atoms with Crippen LogP contribution in [-0.4, -0.2) is 9.97 Å². The number of H-pyrrole nitrogens is 1. The molecule has 3 heterocycles. The van der Waals surface area contributed by atoms with Crippen LogP contribution >= 0.6 is 34.4 Å². The molecule has 1 N–H and O–H groups in total. The molecule has 3 aromatic heterocycles. The molecule has 23 heavy (non-hydrogen) atoms. The summed E-state index contributed by atoms with van der Waals surface area (Å²) in [4.78, 5) is 10.8. The van der Waals surface area contributed by atoms with Gasteiger partial charge in [0, 0.05) is 5.75 Å². The second-order valence-corrected chi connectivity index (χ2v) is 7.85. The maximum atomic E-state index is 4.85. The fourth-order valence-corrected chi connectivity index (χ4v) is 4.61. The van der Waals surface area contributed by atoms with Crippen LogP contribution < -0.4 is 0 Å². The minimum absolute atomic E-state index is 0.919. The number of thioether (sulfide) groups is 1. The lowest BCUT2D eigenvalue weighted by Crippen LogP contribution is -1.80. The molecule has 0 spiro atoms. The van der Waals surface area contributed by atoms with Crippen LogP contribution in [0.3, 0.4) is 0 Å². The predicted molar refractivity (Wildman–Crippen MR) is 101 cm³/mol. The van der Waals surface area contributed by atoms with Crippen molar-refractivity contribution in [2.75, 3.05) is 0 Å². The first-order chi connectivity index (χ1) is 11.4. The van der Waals surface area contributed by atoms with E-state index in [1.165, 1.54) is 15.3 Å². The van der Waals surface area contributed by atoms with Crippen LogP contribution in [-0.2, 0) is 5.75 Å². The van der Waals surface area contributed by atoms with E-state index in [-0.39, 0.29) is 0 Å². The molecule has 0 amide bonds. The number of aromatic amines is 1. The molecule has 0 radical (unpaired) electrons. The Hall–Kier alpha value is -1.82. The number of thiophene rings is 2. The number of benzene rings is 1. The van der Waals surface area contributed by atoms with Crippen molar-refractivity contribution in [3.8, 4) is 21.1 Å². The van der Waals surface area contributed by atoms with E-state index in [1.807, 2.05) is 6.07 Å². The van der Waals surface area contributed by atoms with Gasteiger partial charge in [0.25, 0.3) is 0 Å². The highest BCUT2D eigenvalue weighted by molar-refractivity contribution is 7.98. The Morgan fingerprint density at radius 2 is 1.61 bits per heavy atom. The van der Waals surface area contributed by atoms with Crippen LogP contribution in [0.4, 0.5) is 0 Å². The van der Waals surface area contributed by atoms with E-state index in [0.717, 1.165) is 22.3 Å². The van der Waals surface area contributed by atoms with Gasteiger partial charge in [-0.3, -0.25) is 0 Å². The molecule has 0 aliphatic carbocycles. The Morgan fingerprint density at radius 1 is 0.870 bits per heavy atom. The fourth-order valence-electron chi connectivity index (χ4n) is 2.34. The molecular formula is C18H14N2S3. The summed E-state index contributed by atoms with van der Waals surface area (Å²) in [6.45, 7) is 0. The zero-order valence-corrected chi connectivity index (χ0v) is 14.7. The van der Waals surface area contributed by atoms with Crippen molar-refractivity contribution >= 4 is 34.4 Å². The van der Waals surface area contributed by atoms with Crippen LogP contribution in [0.5, 0.6) is 0 Å². The lowest BCUT2D eigenvalue weighted by Gasteiger charge is -1.98. The van der Waals surface area contributed by atoms with E-state index in [1.54, 1.807) is 34.4 Å². The van der Waals surface area contributed by atoms with Crippen molar-refractivity contribution in [3.63, 3.8) is 0 Å². The third-order valence-corrected chi connectivity index (χ3v) is 6.13. The Bertz CT molecular complexity index is 811. The van der Waals surface area contributed by atoms with Crippen LogP contribution in [0.1, 0.15) is 5.56 Å². The first-order valence-corrected chi connectivity index (χ1v) is 9.99. The molecule has 1 aromatic carbocycles. The van der Waals surface area contributed by atoms with Gasteiger partial charge in [-0.15, -0.1) is 22.7 Å². The molecule has 0 bridgehead atoms. The number of aromatic nitrogens is 2. The van der Waals surface area contributed by atoms with Crippen LogP contribution in [0, 0.1) is 0 Å². The summed E-state index contributed by atoms with van der Waals surface area (Å²) in [5, 5.41) is 5.17. The lowest BCUT2D eigenvalue weighted by molar-refractivity contribution is 1.06. The molecular weight excluding hydrogens is 340 g/mol. The number of hydrogen-bond donors (Lipinski definition) is 1. The topological polar surface area (TPSA) is 28.7 Å². The number of hydrogen-bond acceptors (Lipinski definition) is 4. The smallest absolute Gasteiger partial charge is 0.166 e. The number of nitrogens with one attached hydrogen (secondary N) is 1. The van der Waals surface area contributed by atoms with Gasteiger partial charge < -0.3 is 4.98 Å². The van der Waals surface area contributed by atoms with Crippen molar-refractivity contribution in [2.24, 2.45) is 0 Å². The molecule has 0 fully saturated rings. The summed E-state index contributed by atoms with van der Waals surface area (Å²) < 4.78 is 0. The van der Waals surface area contributed by atoms with E-state index in [4.69, 9.17) is 4.98 Å². The van der Waals surface area contributed by atoms with Gasteiger partial charge in [0.2, 0.25) is 0 Å². The summed E-state index contributed by atoms with van der Waals surface area (Å²) in [7, 11) is 0. The maximum absolute atomic E-state index is 4.85. The molecule has 0 aliphatic heterocycles. The van der Waals surface area contributed by atoms with Gasteiger partial charge in [-0.2, -0.15) is 0 Å². The van der Waals surface area contributed by atoms with Crippen molar-refractivity contribution in [1.82, 2.24) is 9.97 Å². The Balaban J connectivity index is 1.65. The highest BCUT2D eigenvalue weighted by atomic mass is 32.2. The van der Waals surface area contributed by atoms with E-state index >= 15 is 0 Å². The monoisotopic (exact) mass is 354 g/mol. The van der Waals surface area contributed by atoms with Crippen molar-refractivity contribution in [3.05, 3.63) is 70.9 Å². The highest BCUT2D eigenvalue weighted by Crippen LogP contribution is 2.37. The Kier molecular flexibility index (Phi) is 4.33. The second-order valence-electron chi connectivity index (χ2n) is 4.99. The average molecular weight is 355 g/mol. The molecule has 0 unspecified atom stereocenters. The molecule has 0 atom stereocenters. The third kappa shape index (κ3) is 3.27. The Morgan fingerprint density at radius 3 is 2.30 bits per heavy atom. The highest BCUT2D eigenvalue weighted by Gasteiger charge is 2.15. The van der Waals surface area contributed by atoms with Gasteiger partial charge in [0.1, 0.15) is 5.69 Å². The van der Waals surface area contributed by atoms with Crippen molar-refractivity contribution < 1.29 is 0 Å². The summed E-state index contributed by atoms with van der Waals surface area (Å²) in [6.07, 6.45) is 0. The quantitative estimate of drug-likeness (QED) is 0.435. The van der Waals surface area contributed by atoms with E-state index in [0.29, 0.717) is 0 Å². The zero-order valence-electron chi connectivity index (χ0n) is 12.2. The van der Waals surface area contributed by atoms with Gasteiger partial charge in [-0.25, -0.2) is 4.98 Å². The summed E-state index contributed by atoms with van der Waals surface area (Å²) in [5.41, 5.74) is 3.49. The van der Waals surface area contributed by atoms with Crippen molar-refractivity contribution in [1.29, 1.82) is 0 Å². The number of imidazole rings is 1. The second kappa shape index (κ2) is 6.74. The molecule has 0 aliphatic rings. The van der Waals surface area contributed by atoms with Gasteiger partial charge in [0.05, 0.1) is 15.4 Å². The minimum Gasteiger partial charge on any atom is -0.332 e. The van der Waals surface area contributed by atoms with Gasteiger partial charge in [-0.05, 0) is 28.5 Å². The predicted octanol–water partition coefficient (Wildman–Crippen LogP) is 6.16. The number of rotatable bonds is 5. The zero-order chi connectivity index (χ0) is 15.5. The molecule has 4 rings (SSSR count). The standard InChI is InChI=1S/C18H14N2S3/c1-2-6-13(7-3-1)12-23-18-19-16(14-8-4-10-21-14)17(20-18)15-9-5-11-22-15/h1-11H,12H2,(H,19,20). The van der Waals surface area contributed by atoms with Crippen molar-refractivity contribution in [2.45, 2.75) is 10.9 Å². The Labute approximate surface area is 147 Å². The molecule has 0 saturated heterocycles. The SMILES string of the molecule is c1ccc(CSc2nc(-c3cccs3)c(-c3cccs3)[nH]2)cc1. The molecule has 5 heteroatoms. The van der Waals surface area contributed by atoms with Gasteiger partial charge in [-0.1, -0.05) is 54.2 Å². The summed E-state index contributed by atoms with van der Waals surface area (Å²) >= 11 is 5.21. The van der Waals surface area contributed by atoms with E-state index in [2.05, 4.69) is 64.3 Å². The minimum atomic E-state index is 0.919. The third-order valence-electron chi connectivity index (χ3n) is 3.42. The largest absolute Gasteiger partial charge is 0.332 e. The molecule has 0 saturated carbocycles. The van der Waals surface area contributed by atoms with Crippen LogP contribution in [0.15, 0.2) is 70.5 Å².